The molecule has 0 aromatic carbocycles. The molecule has 7 heteroatoms. The molecule has 1 saturated heterocycles. The van der Waals surface area contributed by atoms with E-state index in [1.54, 1.807) is 13.0 Å². The lowest BCUT2D eigenvalue weighted by molar-refractivity contribution is -0.142. The molecule has 0 bridgehead atoms. The number of allylic oxidation sites excluding steroid dienone is 13. The first-order valence-electron chi connectivity index (χ1n) is 19.4. The van der Waals surface area contributed by atoms with Gasteiger partial charge < -0.3 is 24.8 Å². The van der Waals surface area contributed by atoms with Gasteiger partial charge in [0.15, 0.2) is 5.78 Å². The van der Waals surface area contributed by atoms with Crippen molar-refractivity contribution in [3.05, 3.63) is 100 Å². The van der Waals surface area contributed by atoms with Crippen molar-refractivity contribution in [1.29, 1.82) is 0 Å². The Morgan fingerprint density at radius 1 is 0.830 bits per heavy atom. The summed E-state index contributed by atoms with van der Waals surface area (Å²) in [5.41, 5.74) is 4.63. The summed E-state index contributed by atoms with van der Waals surface area (Å²) in [6, 6.07) is 0. The van der Waals surface area contributed by atoms with Gasteiger partial charge in [-0.2, -0.15) is 0 Å². The quantitative estimate of drug-likeness (QED) is 0.0362. The molecule has 292 valence electrons. The zero-order valence-electron chi connectivity index (χ0n) is 34.1. The number of fused-ring (bicyclic) bond motifs is 1. The predicted molar refractivity (Wildman–Crippen MR) is 214 cm³/mol. The monoisotopic (exact) mass is 730 g/mol. The zero-order chi connectivity index (χ0) is 39.7. The number of epoxide rings is 1. The van der Waals surface area contributed by atoms with Gasteiger partial charge in [0.25, 0.3) is 0 Å². The van der Waals surface area contributed by atoms with Gasteiger partial charge in [-0.15, -0.1) is 5.73 Å². The topological polar surface area (TPSA) is 117 Å². The van der Waals surface area contributed by atoms with E-state index in [2.05, 4.69) is 26.5 Å². The van der Waals surface area contributed by atoms with E-state index in [4.69, 9.17) is 9.47 Å². The Balaban J connectivity index is 1.64. The first-order chi connectivity index (χ1) is 24.7. The van der Waals surface area contributed by atoms with Gasteiger partial charge in [0, 0.05) is 31.3 Å². The van der Waals surface area contributed by atoms with Gasteiger partial charge in [-0.05, 0) is 81.9 Å². The van der Waals surface area contributed by atoms with Gasteiger partial charge in [-0.3, -0.25) is 9.59 Å². The fraction of sp³-hybridized carbons (Fsp3) is 0.587. The fourth-order valence-electron chi connectivity index (χ4n) is 8.27. The molecule has 1 heterocycles. The van der Waals surface area contributed by atoms with Crippen molar-refractivity contribution in [2.24, 2.45) is 10.8 Å². The lowest BCUT2D eigenvalue weighted by Gasteiger charge is -2.43. The van der Waals surface area contributed by atoms with Crippen LogP contribution in [0.3, 0.4) is 0 Å². The summed E-state index contributed by atoms with van der Waals surface area (Å²) in [5.74, 6) is -0.165. The standard InChI is InChI=1S/C46H66O7/c1-11-12-13-24-41(50)52-32-36(25-26-40-42(5,6)27-37(47)29-44(40,9)51)23-17-21-34(3)19-15-14-18-33(2)20-16-22-35(4)39(49)31-46-43(7,8)28-38(48)30-45(46,10)53-46/h14-23,25,37-38,47-48,51H,11-13,24,27-32H2,1-10H3/b15-14+,20-16+,21-17+,33-18+,34-19+,35-22+,36-23+/t26?,37-,38-,44+,45+,46-/m0/s1. The number of carbonyl (C=O) groups is 2. The third kappa shape index (κ3) is 12.1. The Labute approximate surface area is 319 Å². The SMILES string of the molecule is CCCCCC(=O)OC/C(C=C=C1C(C)(C)C[C@H](O)C[C@@]1(C)O)=C/C=C/C(C)=C/C=C/C=C(C)/C=C/C=C(\C)C(=O)C[C@@]12O[C@]1(C)C[C@@H](O)CC2(C)C. The number of rotatable bonds is 16. The maximum absolute atomic E-state index is 13.1. The molecule has 2 aliphatic carbocycles. The first-order valence-corrected chi connectivity index (χ1v) is 19.4. The Morgan fingerprint density at radius 2 is 1.43 bits per heavy atom. The van der Waals surface area contributed by atoms with Gasteiger partial charge in [0.2, 0.25) is 0 Å². The summed E-state index contributed by atoms with van der Waals surface area (Å²) in [7, 11) is 0. The molecule has 0 radical (unpaired) electrons. The number of Topliss-reactive ketones (excluding diaryl/α,β-unsaturated/α-hetero) is 1. The van der Waals surface area contributed by atoms with Gasteiger partial charge in [0.05, 0.1) is 23.4 Å². The lowest BCUT2D eigenvalue weighted by Crippen LogP contribution is -2.48. The number of ketones is 1. The van der Waals surface area contributed by atoms with E-state index in [9.17, 15) is 24.9 Å². The molecule has 0 aromatic rings. The molecule has 0 aromatic heterocycles. The normalized spacial score (nSPS) is 30.5. The van der Waals surface area contributed by atoms with Crippen LogP contribution >= 0.6 is 0 Å². The highest BCUT2D eigenvalue weighted by molar-refractivity contribution is 5.96. The second-order valence-electron chi connectivity index (χ2n) is 17.2. The predicted octanol–water partition coefficient (Wildman–Crippen LogP) is 9.23. The molecule has 1 aliphatic heterocycles. The van der Waals surface area contributed by atoms with Gasteiger partial charge in [0.1, 0.15) is 12.2 Å². The summed E-state index contributed by atoms with van der Waals surface area (Å²) in [5, 5.41) is 31.7. The second-order valence-corrected chi connectivity index (χ2v) is 17.2. The largest absolute Gasteiger partial charge is 0.461 e. The van der Waals surface area contributed by atoms with E-state index in [0.717, 1.165) is 41.6 Å². The highest BCUT2D eigenvalue weighted by Gasteiger charge is 2.76. The molecule has 3 N–H and O–H groups in total. The Morgan fingerprint density at radius 3 is 2.02 bits per heavy atom. The number of hydrogen-bond acceptors (Lipinski definition) is 7. The van der Waals surface area contributed by atoms with Crippen LogP contribution in [0.25, 0.3) is 0 Å². The van der Waals surface area contributed by atoms with E-state index < -0.39 is 34.4 Å². The summed E-state index contributed by atoms with van der Waals surface area (Å²) in [6.45, 7) is 19.9. The van der Waals surface area contributed by atoms with Gasteiger partial charge in [-0.1, -0.05) is 119 Å². The molecule has 5 atom stereocenters. The Kier molecular flexibility index (Phi) is 15.3. The summed E-state index contributed by atoms with van der Waals surface area (Å²) >= 11 is 0. The second kappa shape index (κ2) is 18.3. The summed E-state index contributed by atoms with van der Waals surface area (Å²) in [4.78, 5) is 25.5. The third-order valence-corrected chi connectivity index (χ3v) is 11.1. The number of aliphatic hydroxyl groups is 3. The van der Waals surface area contributed by atoms with Crippen LogP contribution in [0.2, 0.25) is 0 Å². The number of aliphatic hydroxyl groups excluding tert-OH is 2. The van der Waals surface area contributed by atoms with Crippen LogP contribution in [0.4, 0.5) is 0 Å². The van der Waals surface area contributed by atoms with Crippen molar-refractivity contribution in [3.63, 3.8) is 0 Å². The average Bonchev–Trinajstić information content (AvgIpc) is 3.64. The van der Waals surface area contributed by atoms with Crippen molar-refractivity contribution in [1.82, 2.24) is 0 Å². The van der Waals surface area contributed by atoms with Crippen LogP contribution < -0.4 is 0 Å². The van der Waals surface area contributed by atoms with Gasteiger partial charge in [-0.25, -0.2) is 0 Å². The molecule has 3 rings (SSSR count). The highest BCUT2D eigenvalue weighted by atomic mass is 16.6. The minimum absolute atomic E-state index is 0.0681. The van der Waals surface area contributed by atoms with Crippen LogP contribution in [-0.2, 0) is 19.1 Å². The van der Waals surface area contributed by atoms with Crippen LogP contribution in [0, 0.1) is 10.8 Å². The highest BCUT2D eigenvalue weighted by Crippen LogP contribution is 2.67. The van der Waals surface area contributed by atoms with Crippen LogP contribution in [0.5, 0.6) is 0 Å². The minimum atomic E-state index is -1.19. The van der Waals surface area contributed by atoms with Crippen molar-refractivity contribution in [2.75, 3.05) is 6.61 Å². The molecule has 0 spiro atoms. The van der Waals surface area contributed by atoms with Crippen molar-refractivity contribution in [3.8, 4) is 0 Å². The summed E-state index contributed by atoms with van der Waals surface area (Å²) < 4.78 is 11.8. The molecular weight excluding hydrogens is 664 g/mol. The molecular formula is C46H66O7. The number of esters is 1. The van der Waals surface area contributed by atoms with E-state index >= 15 is 0 Å². The third-order valence-electron chi connectivity index (χ3n) is 11.1. The molecule has 0 unspecified atom stereocenters. The van der Waals surface area contributed by atoms with Crippen LogP contribution in [-0.4, -0.2) is 62.7 Å². The smallest absolute Gasteiger partial charge is 0.306 e. The number of hydrogen-bond donors (Lipinski definition) is 3. The molecule has 3 fully saturated rings. The van der Waals surface area contributed by atoms with Crippen LogP contribution in [0.1, 0.15) is 127 Å². The molecule has 0 amide bonds. The van der Waals surface area contributed by atoms with E-state index in [1.807, 2.05) is 102 Å². The lowest BCUT2D eigenvalue weighted by atomic mass is 9.61. The van der Waals surface area contributed by atoms with Crippen molar-refractivity contribution < 1.29 is 34.4 Å². The average molecular weight is 731 g/mol. The maximum Gasteiger partial charge on any atom is 0.306 e. The van der Waals surface area contributed by atoms with Crippen molar-refractivity contribution in [2.45, 2.75) is 156 Å². The first kappa shape index (κ1) is 44.1. The molecule has 53 heavy (non-hydrogen) atoms. The van der Waals surface area contributed by atoms with E-state index in [1.165, 1.54) is 0 Å². The number of ether oxygens (including phenoxy) is 2. The zero-order valence-corrected chi connectivity index (χ0v) is 34.1. The van der Waals surface area contributed by atoms with E-state index in [-0.39, 0.29) is 30.2 Å². The maximum atomic E-state index is 13.1. The van der Waals surface area contributed by atoms with Crippen LogP contribution in [0.15, 0.2) is 100 Å². The number of unbranched alkanes of at least 4 members (excludes halogenated alkanes) is 2. The molecule has 3 aliphatic rings. The molecule has 7 nitrogen and oxygen atoms in total. The van der Waals surface area contributed by atoms with Crippen molar-refractivity contribution >= 4 is 11.8 Å². The minimum Gasteiger partial charge on any atom is -0.461 e. The summed E-state index contributed by atoms with van der Waals surface area (Å²) in [6.07, 6.45) is 25.7. The van der Waals surface area contributed by atoms with Gasteiger partial charge >= 0.3 is 5.97 Å². The fourth-order valence-corrected chi connectivity index (χ4v) is 8.27. The van der Waals surface area contributed by atoms with E-state index in [0.29, 0.717) is 37.7 Å². The Hall–Kier alpha value is -3.32. The number of carbonyl (C=O) groups excluding carboxylic acids is 2. The molecule has 2 saturated carbocycles. The Bertz CT molecular complexity index is 1600.